The average molecular weight is 365 g/mol. The zero-order valence-electron chi connectivity index (χ0n) is 14.8. The lowest BCUT2D eigenvalue weighted by Crippen LogP contribution is -2.36. The standard InChI is InChI=1S/C18H27N3O3S/c1-15-6-7-16(18(22)20-10-5-8-19-9-13-20)14-17(15)25(23,24)21-11-3-2-4-12-21/h6-7,14,19H,2-5,8-13H2,1H3. The monoisotopic (exact) mass is 365 g/mol. The number of carbonyl (C=O) groups excluding carboxylic acids is 1. The molecule has 2 aliphatic rings. The molecular weight excluding hydrogens is 338 g/mol. The Balaban J connectivity index is 1.88. The van der Waals surface area contributed by atoms with Gasteiger partial charge in [0.2, 0.25) is 10.0 Å². The molecule has 0 saturated carbocycles. The van der Waals surface area contributed by atoms with Crippen LogP contribution in [0.3, 0.4) is 0 Å². The first-order valence-corrected chi connectivity index (χ1v) is 10.5. The van der Waals surface area contributed by atoms with Crippen LogP contribution in [0.5, 0.6) is 0 Å². The molecule has 6 nitrogen and oxygen atoms in total. The van der Waals surface area contributed by atoms with Crippen LogP contribution in [0.1, 0.15) is 41.6 Å². The summed E-state index contributed by atoms with van der Waals surface area (Å²) in [5.74, 6) is -0.0844. The summed E-state index contributed by atoms with van der Waals surface area (Å²) in [5.41, 5.74) is 1.16. The normalized spacial score (nSPS) is 20.3. The second kappa shape index (κ2) is 7.85. The van der Waals surface area contributed by atoms with E-state index in [1.165, 1.54) is 0 Å². The number of rotatable bonds is 3. The van der Waals surface area contributed by atoms with E-state index in [2.05, 4.69) is 5.32 Å². The Morgan fingerprint density at radius 3 is 2.52 bits per heavy atom. The van der Waals surface area contributed by atoms with Gasteiger partial charge in [-0.3, -0.25) is 4.79 Å². The summed E-state index contributed by atoms with van der Waals surface area (Å²) >= 11 is 0. The molecule has 1 aromatic carbocycles. The highest BCUT2D eigenvalue weighted by atomic mass is 32.2. The van der Waals surface area contributed by atoms with Crippen molar-refractivity contribution in [2.24, 2.45) is 0 Å². The van der Waals surface area contributed by atoms with Crippen LogP contribution >= 0.6 is 0 Å². The maximum atomic E-state index is 13.0. The molecule has 2 fully saturated rings. The lowest BCUT2D eigenvalue weighted by atomic mass is 10.1. The van der Waals surface area contributed by atoms with E-state index in [0.717, 1.165) is 38.8 Å². The fourth-order valence-corrected chi connectivity index (χ4v) is 5.25. The summed E-state index contributed by atoms with van der Waals surface area (Å²) in [5, 5.41) is 3.27. The number of amides is 1. The third kappa shape index (κ3) is 4.04. The third-order valence-electron chi connectivity index (χ3n) is 5.00. The Morgan fingerprint density at radius 2 is 1.76 bits per heavy atom. The Hall–Kier alpha value is -1.44. The van der Waals surface area contributed by atoms with Crippen molar-refractivity contribution in [3.63, 3.8) is 0 Å². The molecule has 3 rings (SSSR count). The van der Waals surface area contributed by atoms with Gasteiger partial charge in [-0.1, -0.05) is 12.5 Å². The lowest BCUT2D eigenvalue weighted by Gasteiger charge is -2.27. The van der Waals surface area contributed by atoms with Gasteiger partial charge >= 0.3 is 0 Å². The average Bonchev–Trinajstić information content (AvgIpc) is 2.91. The van der Waals surface area contributed by atoms with E-state index in [-0.39, 0.29) is 10.8 Å². The van der Waals surface area contributed by atoms with Gasteiger partial charge in [0.25, 0.3) is 5.91 Å². The van der Waals surface area contributed by atoms with Crippen molar-refractivity contribution in [2.75, 3.05) is 39.3 Å². The first-order valence-electron chi connectivity index (χ1n) is 9.11. The number of sulfonamides is 1. The summed E-state index contributed by atoms with van der Waals surface area (Å²) in [4.78, 5) is 14.9. The zero-order valence-corrected chi connectivity index (χ0v) is 15.6. The van der Waals surface area contributed by atoms with Gasteiger partial charge < -0.3 is 10.2 Å². The summed E-state index contributed by atoms with van der Waals surface area (Å²) in [6.45, 7) is 5.97. The number of hydrogen-bond acceptors (Lipinski definition) is 4. The Kier molecular flexibility index (Phi) is 5.76. The number of aryl methyl sites for hydroxylation is 1. The fraction of sp³-hybridized carbons (Fsp3) is 0.611. The minimum atomic E-state index is -3.54. The van der Waals surface area contributed by atoms with Crippen molar-refractivity contribution in [3.8, 4) is 0 Å². The van der Waals surface area contributed by atoms with Crippen molar-refractivity contribution >= 4 is 15.9 Å². The molecule has 7 heteroatoms. The minimum absolute atomic E-state index is 0.0844. The number of benzene rings is 1. The third-order valence-corrected chi connectivity index (χ3v) is 7.04. The van der Waals surface area contributed by atoms with Crippen molar-refractivity contribution in [3.05, 3.63) is 29.3 Å². The first-order chi connectivity index (χ1) is 12.0. The molecular formula is C18H27N3O3S. The van der Waals surface area contributed by atoms with Crippen LogP contribution in [0.4, 0.5) is 0 Å². The van der Waals surface area contributed by atoms with Crippen LogP contribution in [0.25, 0.3) is 0 Å². The molecule has 0 atom stereocenters. The van der Waals surface area contributed by atoms with Crippen LogP contribution in [-0.4, -0.2) is 62.8 Å². The van der Waals surface area contributed by atoms with Crippen LogP contribution in [0.15, 0.2) is 23.1 Å². The molecule has 0 radical (unpaired) electrons. The van der Waals surface area contributed by atoms with Crippen LogP contribution in [0, 0.1) is 6.92 Å². The van der Waals surface area contributed by atoms with E-state index in [9.17, 15) is 13.2 Å². The molecule has 0 unspecified atom stereocenters. The van der Waals surface area contributed by atoms with Gasteiger partial charge in [-0.05, 0) is 50.4 Å². The SMILES string of the molecule is Cc1ccc(C(=O)N2CCCNCC2)cc1S(=O)(=O)N1CCCCC1. The van der Waals surface area contributed by atoms with Gasteiger partial charge in [0, 0.05) is 38.3 Å². The highest BCUT2D eigenvalue weighted by Crippen LogP contribution is 2.25. The Bertz CT molecular complexity index is 719. The Labute approximate surface area is 150 Å². The largest absolute Gasteiger partial charge is 0.337 e. The summed E-state index contributed by atoms with van der Waals surface area (Å²) in [6, 6.07) is 5.06. The summed E-state index contributed by atoms with van der Waals surface area (Å²) in [7, 11) is -3.54. The fourth-order valence-electron chi connectivity index (χ4n) is 3.49. The summed E-state index contributed by atoms with van der Waals surface area (Å²) in [6.07, 6.45) is 3.79. The lowest BCUT2D eigenvalue weighted by molar-refractivity contribution is 0.0766. The molecule has 138 valence electrons. The van der Waals surface area contributed by atoms with Crippen molar-refractivity contribution < 1.29 is 13.2 Å². The molecule has 1 amide bonds. The van der Waals surface area contributed by atoms with E-state index in [0.29, 0.717) is 37.3 Å². The maximum Gasteiger partial charge on any atom is 0.253 e. The first kappa shape index (κ1) is 18.4. The van der Waals surface area contributed by atoms with Crippen molar-refractivity contribution in [2.45, 2.75) is 37.5 Å². The minimum Gasteiger partial charge on any atom is -0.337 e. The second-order valence-corrected chi connectivity index (χ2v) is 8.75. The number of piperidine rings is 1. The maximum absolute atomic E-state index is 13.0. The molecule has 1 aromatic rings. The Morgan fingerprint density at radius 1 is 1.00 bits per heavy atom. The van der Waals surface area contributed by atoms with Gasteiger partial charge in [-0.25, -0.2) is 8.42 Å². The van der Waals surface area contributed by atoms with Crippen LogP contribution < -0.4 is 5.32 Å². The molecule has 2 heterocycles. The van der Waals surface area contributed by atoms with Gasteiger partial charge in [-0.15, -0.1) is 0 Å². The number of carbonyl (C=O) groups is 1. The van der Waals surface area contributed by atoms with Gasteiger partial charge in [0.1, 0.15) is 0 Å². The molecule has 0 aliphatic carbocycles. The number of nitrogens with zero attached hydrogens (tertiary/aromatic N) is 2. The molecule has 2 saturated heterocycles. The number of nitrogens with one attached hydrogen (secondary N) is 1. The van der Waals surface area contributed by atoms with E-state index >= 15 is 0 Å². The molecule has 1 N–H and O–H groups in total. The van der Waals surface area contributed by atoms with E-state index < -0.39 is 10.0 Å². The van der Waals surface area contributed by atoms with Gasteiger partial charge in [0.15, 0.2) is 0 Å². The smallest absolute Gasteiger partial charge is 0.253 e. The quantitative estimate of drug-likeness (QED) is 0.883. The molecule has 0 aromatic heterocycles. The van der Waals surface area contributed by atoms with Gasteiger partial charge in [0.05, 0.1) is 4.90 Å². The zero-order chi connectivity index (χ0) is 17.9. The van der Waals surface area contributed by atoms with Crippen molar-refractivity contribution in [1.29, 1.82) is 0 Å². The van der Waals surface area contributed by atoms with Crippen molar-refractivity contribution in [1.82, 2.24) is 14.5 Å². The highest BCUT2D eigenvalue weighted by Gasteiger charge is 2.28. The highest BCUT2D eigenvalue weighted by molar-refractivity contribution is 7.89. The number of hydrogen-bond donors (Lipinski definition) is 1. The molecule has 2 aliphatic heterocycles. The van der Waals surface area contributed by atoms with E-state index in [1.807, 2.05) is 4.90 Å². The summed E-state index contributed by atoms with van der Waals surface area (Å²) < 4.78 is 27.6. The van der Waals surface area contributed by atoms with E-state index in [1.54, 1.807) is 29.4 Å². The predicted octanol–water partition coefficient (Wildman–Crippen LogP) is 1.61. The predicted molar refractivity (Wildman–Crippen MR) is 97.2 cm³/mol. The topological polar surface area (TPSA) is 69.7 Å². The second-order valence-electron chi connectivity index (χ2n) is 6.84. The van der Waals surface area contributed by atoms with Gasteiger partial charge in [-0.2, -0.15) is 4.31 Å². The van der Waals surface area contributed by atoms with Crippen LogP contribution in [-0.2, 0) is 10.0 Å². The molecule has 0 bridgehead atoms. The van der Waals surface area contributed by atoms with E-state index in [4.69, 9.17) is 0 Å². The van der Waals surface area contributed by atoms with Crippen LogP contribution in [0.2, 0.25) is 0 Å². The molecule has 0 spiro atoms. The molecule has 25 heavy (non-hydrogen) atoms.